The highest BCUT2D eigenvalue weighted by molar-refractivity contribution is 5.55. The van der Waals surface area contributed by atoms with Crippen LogP contribution in [0.3, 0.4) is 0 Å². The van der Waals surface area contributed by atoms with Crippen LogP contribution in [-0.4, -0.2) is 22.2 Å². The van der Waals surface area contributed by atoms with E-state index in [1.807, 2.05) is 12.1 Å². The van der Waals surface area contributed by atoms with Gasteiger partial charge in [0.1, 0.15) is 6.10 Å². The Hall–Kier alpha value is -2.38. The first kappa shape index (κ1) is 12.1. The van der Waals surface area contributed by atoms with Gasteiger partial charge in [-0.3, -0.25) is 0 Å². The molecule has 0 saturated carbocycles. The van der Waals surface area contributed by atoms with Crippen LogP contribution in [0.2, 0.25) is 0 Å². The maximum atomic E-state index is 9.48. The van der Waals surface area contributed by atoms with E-state index < -0.39 is 6.10 Å². The second-order valence-corrected chi connectivity index (χ2v) is 3.64. The fraction of sp³-hybridized carbons (Fsp3) is 0.143. The van der Waals surface area contributed by atoms with E-state index in [0.29, 0.717) is 17.1 Å². The van der Waals surface area contributed by atoms with Gasteiger partial charge in [-0.1, -0.05) is 30.2 Å². The molecule has 1 unspecified atom stereocenters. The summed E-state index contributed by atoms with van der Waals surface area (Å²) in [7, 11) is 1.56. The lowest BCUT2D eigenvalue weighted by Crippen LogP contribution is -1.94. The number of aliphatic hydroxyl groups is 1. The van der Waals surface area contributed by atoms with Crippen LogP contribution in [-0.2, 0) is 0 Å². The standard InChI is InChI=1S/C14H12N2O2/c1-3-13(17)10-4-6-11(7-5-10)14-15-8-12(18-2)9-16-14/h1,4-9,13,17H,2H3. The molecule has 0 amide bonds. The van der Waals surface area contributed by atoms with Gasteiger partial charge >= 0.3 is 0 Å². The van der Waals surface area contributed by atoms with Crippen molar-refractivity contribution in [3.63, 3.8) is 0 Å². The number of aromatic nitrogens is 2. The number of benzene rings is 1. The van der Waals surface area contributed by atoms with E-state index >= 15 is 0 Å². The molecule has 0 aliphatic rings. The first-order chi connectivity index (χ1) is 8.74. The number of rotatable bonds is 3. The molecule has 2 aromatic rings. The maximum absolute atomic E-state index is 9.48. The van der Waals surface area contributed by atoms with Crippen LogP contribution < -0.4 is 4.74 Å². The monoisotopic (exact) mass is 240 g/mol. The van der Waals surface area contributed by atoms with Gasteiger partial charge in [0.25, 0.3) is 0 Å². The third-order valence-corrected chi connectivity index (χ3v) is 2.51. The Morgan fingerprint density at radius 2 is 1.83 bits per heavy atom. The zero-order chi connectivity index (χ0) is 13.0. The summed E-state index contributed by atoms with van der Waals surface area (Å²) in [5.74, 6) is 3.47. The zero-order valence-electron chi connectivity index (χ0n) is 9.87. The normalized spacial score (nSPS) is 11.6. The van der Waals surface area contributed by atoms with Crippen LogP contribution in [0, 0.1) is 12.3 Å². The van der Waals surface area contributed by atoms with E-state index in [2.05, 4.69) is 15.9 Å². The van der Waals surface area contributed by atoms with Crippen molar-refractivity contribution in [1.29, 1.82) is 0 Å². The molecule has 2 rings (SSSR count). The number of nitrogens with zero attached hydrogens (tertiary/aromatic N) is 2. The number of methoxy groups -OCH3 is 1. The molecule has 0 saturated heterocycles. The van der Waals surface area contributed by atoms with E-state index in [0.717, 1.165) is 5.56 Å². The molecule has 0 radical (unpaired) electrons. The van der Waals surface area contributed by atoms with Gasteiger partial charge in [0.2, 0.25) is 0 Å². The van der Waals surface area contributed by atoms with Gasteiger partial charge in [0.05, 0.1) is 19.5 Å². The van der Waals surface area contributed by atoms with E-state index in [1.54, 1.807) is 31.6 Å². The van der Waals surface area contributed by atoms with Crippen molar-refractivity contribution in [3.05, 3.63) is 42.2 Å². The number of hydrogen-bond donors (Lipinski definition) is 1. The summed E-state index contributed by atoms with van der Waals surface area (Å²) < 4.78 is 4.99. The first-order valence-electron chi connectivity index (χ1n) is 5.35. The van der Waals surface area contributed by atoms with E-state index in [9.17, 15) is 5.11 Å². The number of aliphatic hydroxyl groups excluding tert-OH is 1. The number of hydrogen-bond acceptors (Lipinski definition) is 4. The van der Waals surface area contributed by atoms with Crippen molar-refractivity contribution in [2.24, 2.45) is 0 Å². The van der Waals surface area contributed by atoms with E-state index in [4.69, 9.17) is 11.2 Å². The SMILES string of the molecule is C#CC(O)c1ccc(-c2ncc(OC)cn2)cc1. The molecule has 1 atom stereocenters. The highest BCUT2D eigenvalue weighted by atomic mass is 16.5. The first-order valence-corrected chi connectivity index (χ1v) is 5.35. The van der Waals surface area contributed by atoms with Gasteiger partial charge in [-0.15, -0.1) is 6.42 Å². The lowest BCUT2D eigenvalue weighted by Gasteiger charge is -2.05. The van der Waals surface area contributed by atoms with Crippen molar-refractivity contribution in [2.75, 3.05) is 7.11 Å². The lowest BCUT2D eigenvalue weighted by molar-refractivity contribution is 0.238. The number of terminal acetylenes is 1. The van der Waals surface area contributed by atoms with Crippen LogP contribution in [0.25, 0.3) is 11.4 Å². The highest BCUT2D eigenvalue weighted by Crippen LogP contribution is 2.19. The molecule has 1 aromatic carbocycles. The fourth-order valence-electron chi connectivity index (χ4n) is 1.48. The van der Waals surface area contributed by atoms with Crippen LogP contribution in [0.15, 0.2) is 36.7 Å². The smallest absolute Gasteiger partial charge is 0.159 e. The summed E-state index contributed by atoms with van der Waals surface area (Å²) in [5.41, 5.74) is 1.53. The summed E-state index contributed by atoms with van der Waals surface area (Å²) in [6, 6.07) is 7.15. The van der Waals surface area contributed by atoms with Gasteiger partial charge in [-0.2, -0.15) is 0 Å². The molecule has 0 fully saturated rings. The van der Waals surface area contributed by atoms with Crippen LogP contribution in [0.4, 0.5) is 0 Å². The molecule has 0 aliphatic carbocycles. The average Bonchev–Trinajstić information content (AvgIpc) is 2.47. The third-order valence-electron chi connectivity index (χ3n) is 2.51. The van der Waals surface area contributed by atoms with Crippen molar-refractivity contribution in [3.8, 4) is 29.5 Å². The Balaban J connectivity index is 2.26. The molecule has 18 heavy (non-hydrogen) atoms. The summed E-state index contributed by atoms with van der Waals surface area (Å²) in [4.78, 5) is 8.35. The quantitative estimate of drug-likeness (QED) is 0.831. The molecule has 4 heteroatoms. The van der Waals surface area contributed by atoms with Gasteiger partial charge in [0.15, 0.2) is 11.6 Å². The fourth-order valence-corrected chi connectivity index (χ4v) is 1.48. The van der Waals surface area contributed by atoms with Gasteiger partial charge in [0, 0.05) is 5.56 Å². The predicted molar refractivity (Wildman–Crippen MR) is 67.8 cm³/mol. The molecule has 1 aromatic heterocycles. The van der Waals surface area contributed by atoms with Crippen molar-refractivity contribution in [2.45, 2.75) is 6.10 Å². The second kappa shape index (κ2) is 5.30. The molecule has 0 spiro atoms. The zero-order valence-corrected chi connectivity index (χ0v) is 9.87. The average molecular weight is 240 g/mol. The highest BCUT2D eigenvalue weighted by Gasteiger charge is 2.05. The van der Waals surface area contributed by atoms with Crippen molar-refractivity contribution >= 4 is 0 Å². The minimum absolute atomic E-state index is 0.595. The predicted octanol–water partition coefficient (Wildman–Crippen LogP) is 1.82. The summed E-state index contributed by atoms with van der Waals surface area (Å²) >= 11 is 0. The Morgan fingerprint density at radius 3 is 2.33 bits per heavy atom. The van der Waals surface area contributed by atoms with Crippen LogP contribution in [0.5, 0.6) is 5.75 Å². The summed E-state index contributed by atoms with van der Waals surface area (Å²) in [6.45, 7) is 0. The number of ether oxygens (including phenoxy) is 1. The largest absolute Gasteiger partial charge is 0.494 e. The molecule has 90 valence electrons. The summed E-state index contributed by atoms with van der Waals surface area (Å²) in [5, 5.41) is 9.48. The summed E-state index contributed by atoms with van der Waals surface area (Å²) in [6.07, 6.45) is 7.48. The molecular weight excluding hydrogens is 228 g/mol. The molecular formula is C14H12N2O2. The Kier molecular flexibility index (Phi) is 3.56. The minimum Gasteiger partial charge on any atom is -0.494 e. The topological polar surface area (TPSA) is 55.2 Å². The van der Waals surface area contributed by atoms with Crippen molar-refractivity contribution < 1.29 is 9.84 Å². The Bertz CT molecular complexity index is 556. The van der Waals surface area contributed by atoms with Crippen molar-refractivity contribution in [1.82, 2.24) is 9.97 Å². The molecule has 1 heterocycles. The van der Waals surface area contributed by atoms with Crippen LogP contribution in [0.1, 0.15) is 11.7 Å². The van der Waals surface area contributed by atoms with Gasteiger partial charge in [-0.25, -0.2) is 9.97 Å². The lowest BCUT2D eigenvalue weighted by atomic mass is 10.1. The molecule has 0 bridgehead atoms. The molecule has 4 nitrogen and oxygen atoms in total. The van der Waals surface area contributed by atoms with E-state index in [1.165, 1.54) is 0 Å². The Labute approximate surface area is 105 Å². The van der Waals surface area contributed by atoms with E-state index in [-0.39, 0.29) is 0 Å². The Morgan fingerprint density at radius 1 is 1.22 bits per heavy atom. The third kappa shape index (κ3) is 2.47. The minimum atomic E-state index is -0.879. The second-order valence-electron chi connectivity index (χ2n) is 3.64. The molecule has 1 N–H and O–H groups in total. The van der Waals surface area contributed by atoms with Gasteiger partial charge < -0.3 is 9.84 Å². The van der Waals surface area contributed by atoms with Crippen LogP contribution >= 0.6 is 0 Å². The van der Waals surface area contributed by atoms with Gasteiger partial charge in [-0.05, 0) is 5.56 Å². The maximum Gasteiger partial charge on any atom is 0.159 e. The molecule has 0 aliphatic heterocycles.